The lowest BCUT2D eigenvalue weighted by molar-refractivity contribution is -0.132. The summed E-state index contributed by atoms with van der Waals surface area (Å²) in [7, 11) is 2.73. The monoisotopic (exact) mass is 508 g/mol. The molecule has 2 amide bonds. The van der Waals surface area contributed by atoms with Crippen molar-refractivity contribution in [3.8, 4) is 11.5 Å². The van der Waals surface area contributed by atoms with Gasteiger partial charge in [-0.15, -0.1) is 0 Å². The van der Waals surface area contributed by atoms with Crippen LogP contribution >= 0.6 is 34.8 Å². The van der Waals surface area contributed by atoms with E-state index in [0.29, 0.717) is 0 Å². The average molecular weight is 510 g/mol. The summed E-state index contributed by atoms with van der Waals surface area (Å²) in [5.74, 6) is -1.74. The van der Waals surface area contributed by atoms with Crippen LogP contribution in [0.2, 0.25) is 0 Å². The van der Waals surface area contributed by atoms with Crippen molar-refractivity contribution in [3.63, 3.8) is 0 Å². The van der Waals surface area contributed by atoms with Crippen molar-refractivity contribution >= 4 is 64.6 Å². The molecule has 174 valence electrons. The third kappa shape index (κ3) is 4.59. The topological polar surface area (TPSA) is 123 Å². The Morgan fingerprint density at radius 1 is 1.22 bits per heavy atom. The fraction of sp³-hybridized carbons (Fsp3) is 0.474. The molecule has 1 saturated heterocycles. The Bertz CT molecular complexity index is 951. The molecule has 2 aliphatic heterocycles. The number of halogens is 3. The van der Waals surface area contributed by atoms with Gasteiger partial charge in [0.1, 0.15) is 6.61 Å². The minimum Gasteiger partial charge on any atom is -0.493 e. The number of aliphatic hydroxyl groups is 1. The molecule has 1 fully saturated rings. The molecule has 0 aliphatic carbocycles. The molecule has 0 saturated carbocycles. The van der Waals surface area contributed by atoms with Crippen LogP contribution in [0.25, 0.3) is 0 Å². The van der Waals surface area contributed by atoms with Gasteiger partial charge in [-0.1, -0.05) is 34.8 Å². The lowest BCUT2D eigenvalue weighted by atomic mass is 10.0. The SMILES string of the molecule is COc1cc2c(cc1OC)N(C(=O)OCC(Cl)(Cl)Cl)[C@@H](O)[C@@H]1C[C@@H](C(=O)C=O)CN1C2=O. The molecule has 2 heterocycles. The van der Waals surface area contributed by atoms with Crippen molar-refractivity contribution in [3.05, 3.63) is 17.7 Å². The number of ether oxygens (including phenoxy) is 3. The first kappa shape index (κ1) is 24.4. The first-order valence-corrected chi connectivity index (χ1v) is 10.4. The van der Waals surface area contributed by atoms with Gasteiger partial charge >= 0.3 is 6.09 Å². The average Bonchev–Trinajstić information content (AvgIpc) is 3.18. The molecule has 32 heavy (non-hydrogen) atoms. The van der Waals surface area contributed by atoms with Gasteiger partial charge in [-0.05, 0) is 12.5 Å². The number of amides is 2. The van der Waals surface area contributed by atoms with E-state index >= 15 is 0 Å². The summed E-state index contributed by atoms with van der Waals surface area (Å²) in [6.45, 7) is -0.736. The van der Waals surface area contributed by atoms with Crippen LogP contribution in [0.5, 0.6) is 11.5 Å². The summed E-state index contributed by atoms with van der Waals surface area (Å²) in [5.41, 5.74) is -0.0450. The summed E-state index contributed by atoms with van der Waals surface area (Å²) >= 11 is 17.0. The van der Waals surface area contributed by atoms with E-state index in [1.807, 2.05) is 0 Å². The number of aldehydes is 1. The Balaban J connectivity index is 2.12. The van der Waals surface area contributed by atoms with Crippen LogP contribution in [0.15, 0.2) is 12.1 Å². The number of alkyl halides is 3. The van der Waals surface area contributed by atoms with Gasteiger partial charge in [-0.2, -0.15) is 0 Å². The van der Waals surface area contributed by atoms with E-state index in [4.69, 9.17) is 49.0 Å². The van der Waals surface area contributed by atoms with Crippen molar-refractivity contribution < 1.29 is 38.5 Å². The highest BCUT2D eigenvalue weighted by Crippen LogP contribution is 2.42. The number of nitrogens with zero attached hydrogens (tertiary/aromatic N) is 2. The molecule has 1 aromatic carbocycles. The van der Waals surface area contributed by atoms with Gasteiger partial charge in [-0.3, -0.25) is 14.4 Å². The molecule has 13 heteroatoms. The minimum absolute atomic E-state index is 0.0192. The number of benzene rings is 1. The number of Topliss-reactive ketones (excluding diaryl/α,β-unsaturated/α-hetero) is 1. The quantitative estimate of drug-likeness (QED) is 0.363. The summed E-state index contributed by atoms with van der Waals surface area (Å²) in [4.78, 5) is 51.3. The second kappa shape index (κ2) is 9.30. The molecular formula is C19H19Cl3N2O8. The lowest BCUT2D eigenvalue weighted by Crippen LogP contribution is -2.51. The Hall–Kier alpha value is -2.27. The highest BCUT2D eigenvalue weighted by molar-refractivity contribution is 6.67. The van der Waals surface area contributed by atoms with Gasteiger partial charge in [0, 0.05) is 18.5 Å². The summed E-state index contributed by atoms with van der Waals surface area (Å²) in [6, 6.07) is 1.68. The molecule has 1 aromatic rings. The highest BCUT2D eigenvalue weighted by atomic mass is 35.6. The molecule has 0 aromatic heterocycles. The number of carbonyl (C=O) groups excluding carboxylic acids is 4. The number of ketones is 1. The molecular weight excluding hydrogens is 491 g/mol. The van der Waals surface area contributed by atoms with Gasteiger partial charge in [0.15, 0.2) is 29.8 Å². The summed E-state index contributed by atoms with van der Waals surface area (Å²) in [6.07, 6.45) is -2.60. The first-order valence-electron chi connectivity index (χ1n) is 9.29. The Morgan fingerprint density at radius 2 is 1.84 bits per heavy atom. The van der Waals surface area contributed by atoms with Crippen molar-refractivity contribution in [1.82, 2.24) is 4.90 Å². The van der Waals surface area contributed by atoms with E-state index in [-0.39, 0.29) is 42.0 Å². The first-order chi connectivity index (χ1) is 15.0. The van der Waals surface area contributed by atoms with Gasteiger partial charge in [0.05, 0.1) is 31.5 Å². The molecule has 10 nitrogen and oxygen atoms in total. The predicted molar refractivity (Wildman–Crippen MR) is 114 cm³/mol. The van der Waals surface area contributed by atoms with Crippen LogP contribution in [0.4, 0.5) is 10.5 Å². The zero-order chi connectivity index (χ0) is 23.8. The van der Waals surface area contributed by atoms with Gasteiger partial charge in [-0.25, -0.2) is 9.69 Å². The minimum atomic E-state index is -1.91. The zero-order valence-corrected chi connectivity index (χ0v) is 19.2. The highest BCUT2D eigenvalue weighted by Gasteiger charge is 2.49. The molecule has 0 spiro atoms. The smallest absolute Gasteiger partial charge is 0.416 e. The maximum Gasteiger partial charge on any atom is 0.416 e. The molecule has 1 N–H and O–H groups in total. The third-order valence-electron chi connectivity index (χ3n) is 5.28. The van der Waals surface area contributed by atoms with Gasteiger partial charge in [0.25, 0.3) is 5.91 Å². The predicted octanol–water partition coefficient (Wildman–Crippen LogP) is 1.95. The largest absolute Gasteiger partial charge is 0.493 e. The van der Waals surface area contributed by atoms with Crippen molar-refractivity contribution in [1.29, 1.82) is 0 Å². The number of aliphatic hydroxyl groups excluding tert-OH is 1. The van der Waals surface area contributed by atoms with Crippen LogP contribution in [-0.4, -0.2) is 77.5 Å². The fourth-order valence-electron chi connectivity index (χ4n) is 3.81. The maximum absolute atomic E-state index is 13.3. The Morgan fingerprint density at radius 3 is 2.41 bits per heavy atom. The van der Waals surface area contributed by atoms with Crippen LogP contribution in [-0.2, 0) is 14.3 Å². The van der Waals surface area contributed by atoms with Crippen molar-refractivity contribution in [2.45, 2.75) is 22.5 Å². The molecule has 0 radical (unpaired) electrons. The second-order valence-electron chi connectivity index (χ2n) is 7.16. The van der Waals surface area contributed by atoms with Crippen LogP contribution in [0.3, 0.4) is 0 Å². The van der Waals surface area contributed by atoms with E-state index in [0.717, 1.165) is 4.90 Å². The number of methoxy groups -OCH3 is 2. The van der Waals surface area contributed by atoms with Crippen LogP contribution < -0.4 is 14.4 Å². The Kier molecular flexibility index (Phi) is 7.09. The maximum atomic E-state index is 13.3. The number of hydrogen-bond acceptors (Lipinski definition) is 8. The zero-order valence-electron chi connectivity index (χ0n) is 16.9. The summed E-state index contributed by atoms with van der Waals surface area (Å²) < 4.78 is 13.6. The van der Waals surface area contributed by atoms with E-state index in [1.165, 1.54) is 31.3 Å². The number of rotatable bonds is 5. The number of anilines is 1. The normalized spacial score (nSPS) is 22.6. The van der Waals surface area contributed by atoms with Gasteiger partial charge < -0.3 is 24.2 Å². The van der Waals surface area contributed by atoms with Crippen molar-refractivity contribution in [2.75, 3.05) is 32.3 Å². The number of carbonyl (C=O) groups is 4. The number of fused-ring (bicyclic) bond motifs is 2. The van der Waals surface area contributed by atoms with Crippen LogP contribution in [0, 0.1) is 5.92 Å². The standard InChI is InChI=1S/C19H19Cl3N2O8/c1-30-14-4-10-11(5-15(14)31-2)24(18(29)32-8-19(20,21)22)17(28)12-3-9(13(26)7-25)6-23(12)16(10)27/h4-5,7,9,12,17,28H,3,6,8H2,1-2H3/t9-,12+,17+/m1/s1. The molecule has 3 atom stereocenters. The van der Waals surface area contributed by atoms with E-state index in [1.54, 1.807) is 0 Å². The van der Waals surface area contributed by atoms with E-state index < -0.39 is 46.4 Å². The third-order valence-corrected chi connectivity index (χ3v) is 5.61. The Labute approximate surface area is 197 Å². The number of hydrogen-bond donors (Lipinski definition) is 1. The van der Waals surface area contributed by atoms with Crippen LogP contribution in [0.1, 0.15) is 16.8 Å². The molecule has 2 aliphatic rings. The lowest BCUT2D eigenvalue weighted by Gasteiger charge is -2.32. The molecule has 0 unspecified atom stereocenters. The van der Waals surface area contributed by atoms with Crippen molar-refractivity contribution in [2.24, 2.45) is 5.92 Å². The van der Waals surface area contributed by atoms with Gasteiger partial charge in [0.2, 0.25) is 3.79 Å². The fourth-order valence-corrected chi connectivity index (χ4v) is 3.98. The van der Waals surface area contributed by atoms with E-state index in [9.17, 15) is 24.3 Å². The van der Waals surface area contributed by atoms with E-state index in [2.05, 4.69) is 0 Å². The molecule has 0 bridgehead atoms. The second-order valence-corrected chi connectivity index (χ2v) is 9.67. The summed E-state index contributed by atoms with van der Waals surface area (Å²) in [5, 5.41) is 11.1. The molecule has 3 rings (SSSR count).